The molecule has 32 heavy (non-hydrogen) atoms. The molecular weight excluding hydrogens is 434 g/mol. The van der Waals surface area contributed by atoms with Crippen LogP contribution in [0.2, 0.25) is 0 Å². The summed E-state index contributed by atoms with van der Waals surface area (Å²) in [6.45, 7) is 3.95. The van der Waals surface area contributed by atoms with Crippen LogP contribution in [0.15, 0.2) is 41.6 Å². The molecule has 2 aromatic carbocycles. The van der Waals surface area contributed by atoms with Crippen LogP contribution in [0.1, 0.15) is 31.8 Å². The van der Waals surface area contributed by atoms with Gasteiger partial charge < -0.3 is 14.8 Å². The summed E-state index contributed by atoms with van der Waals surface area (Å²) in [6, 6.07) is 10.1. The van der Waals surface area contributed by atoms with Crippen LogP contribution >= 0.6 is 11.8 Å². The third-order valence-electron chi connectivity index (χ3n) is 4.41. The molecule has 0 spiro atoms. The number of nitrogens with zero attached hydrogens (tertiary/aromatic N) is 4. The number of carbonyl (C=O) groups excluding carboxylic acids is 3. The van der Waals surface area contributed by atoms with Gasteiger partial charge in [-0.2, -0.15) is 4.68 Å². The van der Waals surface area contributed by atoms with Crippen LogP contribution in [0.3, 0.4) is 0 Å². The van der Waals surface area contributed by atoms with Crippen LogP contribution in [-0.2, 0) is 14.3 Å². The van der Waals surface area contributed by atoms with E-state index in [4.69, 9.17) is 9.47 Å². The van der Waals surface area contributed by atoms with Crippen molar-refractivity contribution >= 4 is 35.3 Å². The summed E-state index contributed by atoms with van der Waals surface area (Å²) in [6.07, 6.45) is 0. The van der Waals surface area contributed by atoms with E-state index in [2.05, 4.69) is 20.8 Å². The first kappa shape index (κ1) is 22.9. The highest BCUT2D eigenvalue weighted by Crippen LogP contribution is 2.22. The van der Waals surface area contributed by atoms with E-state index in [1.807, 2.05) is 32.0 Å². The first-order valence-electron chi connectivity index (χ1n) is 9.42. The number of ether oxygens (including phenoxy) is 2. The van der Waals surface area contributed by atoms with E-state index in [0.29, 0.717) is 5.16 Å². The smallest absolute Gasteiger partial charge is 0.337 e. The lowest BCUT2D eigenvalue weighted by Crippen LogP contribution is -2.16. The molecule has 1 amide bonds. The molecule has 0 radical (unpaired) electrons. The number of aromatic nitrogens is 4. The normalized spacial score (nSPS) is 10.5. The third-order valence-corrected chi connectivity index (χ3v) is 5.33. The number of amides is 1. The number of hydrogen-bond acceptors (Lipinski definition) is 9. The maximum atomic E-state index is 12.5. The molecule has 0 bridgehead atoms. The molecule has 10 nitrogen and oxygen atoms in total. The zero-order valence-electron chi connectivity index (χ0n) is 17.9. The molecule has 0 fully saturated rings. The van der Waals surface area contributed by atoms with Crippen LogP contribution in [-0.4, -0.2) is 58.0 Å². The molecule has 3 rings (SSSR count). The second-order valence-electron chi connectivity index (χ2n) is 6.78. The Bertz CT molecular complexity index is 1140. The van der Waals surface area contributed by atoms with Crippen molar-refractivity contribution in [1.29, 1.82) is 0 Å². The summed E-state index contributed by atoms with van der Waals surface area (Å²) in [5, 5.41) is 14.8. The van der Waals surface area contributed by atoms with E-state index in [1.54, 1.807) is 4.68 Å². The number of aryl methyl sites for hydroxylation is 2. The number of rotatable bonds is 7. The Morgan fingerprint density at radius 3 is 2.25 bits per heavy atom. The molecule has 0 aliphatic carbocycles. The van der Waals surface area contributed by atoms with Crippen molar-refractivity contribution < 1.29 is 23.9 Å². The molecule has 11 heteroatoms. The fraction of sp³-hybridized carbons (Fsp3) is 0.238. The number of tetrazole rings is 1. The maximum Gasteiger partial charge on any atom is 0.337 e. The van der Waals surface area contributed by atoms with E-state index in [1.165, 1.54) is 32.4 Å². The number of nitrogens with one attached hydrogen (secondary N) is 1. The number of esters is 2. The number of thioether (sulfide) groups is 1. The number of hydrogen-bond donors (Lipinski definition) is 1. The molecule has 1 heterocycles. The first-order valence-corrected chi connectivity index (χ1v) is 10.4. The number of benzene rings is 2. The fourth-order valence-corrected chi connectivity index (χ4v) is 3.65. The van der Waals surface area contributed by atoms with Gasteiger partial charge in [0.2, 0.25) is 11.1 Å². The average molecular weight is 455 g/mol. The highest BCUT2D eigenvalue weighted by Gasteiger charge is 2.17. The molecule has 0 aliphatic heterocycles. The van der Waals surface area contributed by atoms with Gasteiger partial charge in [-0.3, -0.25) is 4.79 Å². The summed E-state index contributed by atoms with van der Waals surface area (Å²) >= 11 is 1.15. The van der Waals surface area contributed by atoms with Crippen molar-refractivity contribution in [2.45, 2.75) is 19.0 Å². The molecular formula is C21H21N5O5S. The quantitative estimate of drug-likeness (QED) is 0.422. The van der Waals surface area contributed by atoms with Crippen molar-refractivity contribution in [2.75, 3.05) is 25.3 Å². The second kappa shape index (κ2) is 10.1. The highest BCUT2D eigenvalue weighted by molar-refractivity contribution is 7.99. The average Bonchev–Trinajstić information content (AvgIpc) is 3.24. The Kier molecular flexibility index (Phi) is 7.21. The molecule has 3 aromatic rings. The van der Waals surface area contributed by atoms with Crippen molar-refractivity contribution in [3.05, 3.63) is 58.7 Å². The van der Waals surface area contributed by atoms with Crippen LogP contribution in [0.4, 0.5) is 5.69 Å². The molecule has 1 aromatic heterocycles. The van der Waals surface area contributed by atoms with Crippen molar-refractivity contribution in [2.24, 2.45) is 0 Å². The topological polar surface area (TPSA) is 125 Å². The van der Waals surface area contributed by atoms with Gasteiger partial charge in [-0.15, -0.1) is 5.10 Å². The van der Waals surface area contributed by atoms with Gasteiger partial charge in [0, 0.05) is 5.69 Å². The summed E-state index contributed by atoms with van der Waals surface area (Å²) < 4.78 is 11.0. The lowest BCUT2D eigenvalue weighted by atomic mass is 10.1. The predicted octanol–water partition coefficient (Wildman–Crippen LogP) is 2.58. The highest BCUT2D eigenvalue weighted by atomic mass is 32.2. The Balaban J connectivity index is 1.74. The summed E-state index contributed by atoms with van der Waals surface area (Å²) in [5.74, 6) is -1.66. The number of carbonyl (C=O) groups is 3. The van der Waals surface area contributed by atoms with Crippen LogP contribution in [0, 0.1) is 13.8 Å². The van der Waals surface area contributed by atoms with Gasteiger partial charge in [0.05, 0.1) is 36.8 Å². The SMILES string of the molecule is COC(=O)c1cc(NC(=O)CSc2nnnn2-c2ccc(C)cc2C)cc(C(=O)OC)c1. The van der Waals surface area contributed by atoms with Crippen LogP contribution in [0.25, 0.3) is 5.69 Å². The molecule has 1 N–H and O–H groups in total. The lowest BCUT2D eigenvalue weighted by molar-refractivity contribution is -0.113. The van der Waals surface area contributed by atoms with E-state index < -0.39 is 11.9 Å². The summed E-state index contributed by atoms with van der Waals surface area (Å²) in [7, 11) is 2.45. The molecule has 0 saturated heterocycles. The molecule has 0 saturated carbocycles. The zero-order chi connectivity index (χ0) is 23.3. The Labute approximate surface area is 188 Å². The number of anilines is 1. The molecule has 0 aliphatic rings. The van der Waals surface area contributed by atoms with Crippen molar-refractivity contribution in [3.8, 4) is 5.69 Å². The Morgan fingerprint density at radius 1 is 1.00 bits per heavy atom. The summed E-state index contributed by atoms with van der Waals surface area (Å²) in [5.41, 5.74) is 3.41. The van der Waals surface area contributed by atoms with Gasteiger partial charge in [0.1, 0.15) is 0 Å². The summed E-state index contributed by atoms with van der Waals surface area (Å²) in [4.78, 5) is 36.3. The van der Waals surface area contributed by atoms with Gasteiger partial charge in [0.25, 0.3) is 0 Å². The third kappa shape index (κ3) is 5.30. The maximum absolute atomic E-state index is 12.5. The zero-order valence-corrected chi connectivity index (χ0v) is 18.7. The van der Waals surface area contributed by atoms with Gasteiger partial charge in [0.15, 0.2) is 0 Å². The minimum Gasteiger partial charge on any atom is -0.465 e. The van der Waals surface area contributed by atoms with E-state index in [0.717, 1.165) is 28.6 Å². The van der Waals surface area contributed by atoms with Gasteiger partial charge in [-0.25, -0.2) is 9.59 Å². The largest absolute Gasteiger partial charge is 0.465 e. The van der Waals surface area contributed by atoms with E-state index in [9.17, 15) is 14.4 Å². The number of methoxy groups -OCH3 is 2. The van der Waals surface area contributed by atoms with Crippen molar-refractivity contribution in [1.82, 2.24) is 20.2 Å². The standard InChI is InChI=1S/C21H21N5O5S/c1-12-5-6-17(13(2)7-12)26-21(23-24-25-26)32-11-18(27)22-16-9-14(19(28)30-3)8-15(10-16)20(29)31-4/h5-10H,11H2,1-4H3,(H,22,27). The van der Waals surface area contributed by atoms with Crippen molar-refractivity contribution in [3.63, 3.8) is 0 Å². The first-order chi connectivity index (χ1) is 15.3. The fourth-order valence-electron chi connectivity index (χ4n) is 2.96. The Hall–Kier alpha value is -3.73. The molecule has 0 atom stereocenters. The van der Waals surface area contributed by atoms with E-state index in [-0.39, 0.29) is 28.5 Å². The second-order valence-corrected chi connectivity index (χ2v) is 7.72. The van der Waals surface area contributed by atoms with Gasteiger partial charge in [-0.1, -0.05) is 29.5 Å². The Morgan fingerprint density at radius 2 is 1.66 bits per heavy atom. The van der Waals surface area contributed by atoms with Crippen LogP contribution < -0.4 is 5.32 Å². The molecule has 0 unspecified atom stereocenters. The van der Waals surface area contributed by atoms with Crippen LogP contribution in [0.5, 0.6) is 0 Å². The lowest BCUT2D eigenvalue weighted by Gasteiger charge is -2.10. The molecule has 166 valence electrons. The minimum absolute atomic E-state index is 0.00128. The predicted molar refractivity (Wildman–Crippen MR) is 117 cm³/mol. The van der Waals surface area contributed by atoms with Gasteiger partial charge >= 0.3 is 11.9 Å². The van der Waals surface area contributed by atoms with E-state index >= 15 is 0 Å². The monoisotopic (exact) mass is 455 g/mol. The minimum atomic E-state index is -0.645. The van der Waals surface area contributed by atoms with Gasteiger partial charge in [-0.05, 0) is 54.1 Å².